The zero-order valence-corrected chi connectivity index (χ0v) is 10.1. The molecule has 2 aromatic rings. The molecule has 0 aliphatic heterocycles. The zero-order valence-electron chi connectivity index (χ0n) is 9.24. The highest BCUT2D eigenvalue weighted by Crippen LogP contribution is 2.33. The Morgan fingerprint density at radius 1 is 1.22 bits per heavy atom. The number of nitrogens with zero attached hydrogens (tertiary/aromatic N) is 2. The molecule has 0 radical (unpaired) electrons. The maximum atomic E-state index is 10.9. The predicted octanol–water partition coefficient (Wildman–Crippen LogP) is 2.43. The number of benzene rings is 1. The maximum absolute atomic E-state index is 10.9. The van der Waals surface area contributed by atoms with Crippen molar-refractivity contribution in [3.05, 3.63) is 52.6 Å². The van der Waals surface area contributed by atoms with E-state index in [1.807, 2.05) is 30.3 Å². The minimum atomic E-state index is -0.460. The fraction of sp³-hybridized carbons (Fsp3) is 0. The average molecular weight is 262 g/mol. The van der Waals surface area contributed by atoms with E-state index in [0.717, 1.165) is 4.90 Å². The lowest BCUT2D eigenvalue weighted by molar-refractivity contribution is -0.388. The van der Waals surface area contributed by atoms with Gasteiger partial charge in [-0.05, 0) is 18.2 Å². The van der Waals surface area contributed by atoms with Crippen LogP contribution in [0.4, 0.5) is 11.5 Å². The van der Waals surface area contributed by atoms with Gasteiger partial charge in [0.05, 0.1) is 4.92 Å². The van der Waals surface area contributed by atoms with Crippen LogP contribution in [-0.4, -0.2) is 9.91 Å². The van der Waals surface area contributed by atoms with Gasteiger partial charge >= 0.3 is 5.69 Å². The van der Waals surface area contributed by atoms with Crippen LogP contribution in [0.15, 0.2) is 52.4 Å². The van der Waals surface area contributed by atoms with Gasteiger partial charge < -0.3 is 5.43 Å². The summed E-state index contributed by atoms with van der Waals surface area (Å²) >= 11 is 1.22. The molecule has 92 valence electrons. The third-order valence-electron chi connectivity index (χ3n) is 2.14. The van der Waals surface area contributed by atoms with E-state index in [0.29, 0.717) is 10.8 Å². The summed E-state index contributed by atoms with van der Waals surface area (Å²) < 4.78 is 0. The normalized spacial score (nSPS) is 10.1. The summed E-state index contributed by atoms with van der Waals surface area (Å²) in [5.74, 6) is 5.63. The molecule has 0 aliphatic rings. The minimum Gasteiger partial charge on any atom is -0.308 e. The quantitative estimate of drug-likeness (QED) is 0.499. The topological polar surface area (TPSA) is 94.1 Å². The number of nitro groups is 1. The maximum Gasteiger partial charge on any atom is 0.301 e. The first-order chi connectivity index (χ1) is 8.70. The summed E-state index contributed by atoms with van der Waals surface area (Å²) in [6.45, 7) is 0. The van der Waals surface area contributed by atoms with Crippen LogP contribution in [0.25, 0.3) is 0 Å². The van der Waals surface area contributed by atoms with E-state index in [4.69, 9.17) is 5.84 Å². The molecule has 0 spiro atoms. The third kappa shape index (κ3) is 2.76. The van der Waals surface area contributed by atoms with Gasteiger partial charge in [0.25, 0.3) is 0 Å². The number of anilines is 1. The van der Waals surface area contributed by atoms with E-state index in [9.17, 15) is 10.1 Å². The molecule has 0 unspecified atom stereocenters. The molecule has 18 heavy (non-hydrogen) atoms. The molecule has 0 saturated heterocycles. The van der Waals surface area contributed by atoms with Crippen LogP contribution in [0.5, 0.6) is 0 Å². The van der Waals surface area contributed by atoms with E-state index in [2.05, 4.69) is 10.4 Å². The Bertz CT molecular complexity index is 562. The first-order valence-corrected chi connectivity index (χ1v) is 5.87. The number of nitrogens with two attached hydrogens (primary N) is 1. The van der Waals surface area contributed by atoms with E-state index < -0.39 is 4.92 Å². The Hall–Kier alpha value is -2.12. The van der Waals surface area contributed by atoms with E-state index >= 15 is 0 Å². The predicted molar refractivity (Wildman–Crippen MR) is 69.3 cm³/mol. The fourth-order valence-electron chi connectivity index (χ4n) is 1.33. The lowest BCUT2D eigenvalue weighted by Crippen LogP contribution is -2.09. The number of aromatic nitrogens is 1. The Morgan fingerprint density at radius 2 is 1.94 bits per heavy atom. The molecular formula is C11H10N4O2S. The van der Waals surface area contributed by atoms with Crippen LogP contribution in [-0.2, 0) is 0 Å². The van der Waals surface area contributed by atoms with Gasteiger partial charge in [-0.25, -0.2) is 10.8 Å². The molecule has 0 bridgehead atoms. The van der Waals surface area contributed by atoms with E-state index in [1.165, 1.54) is 23.9 Å². The molecule has 0 saturated carbocycles. The highest BCUT2D eigenvalue weighted by Gasteiger charge is 2.16. The number of pyridine rings is 1. The second-order valence-electron chi connectivity index (χ2n) is 3.34. The standard InChI is InChI=1S/C11H10N4O2S/c12-14-10-7-6-9(15(16)17)11(13-10)18-8-4-2-1-3-5-8/h1-7H,12H2,(H,13,14). The third-order valence-corrected chi connectivity index (χ3v) is 3.14. The summed E-state index contributed by atoms with van der Waals surface area (Å²) in [5.41, 5.74) is 2.33. The SMILES string of the molecule is NNc1ccc([N+](=O)[O-])c(Sc2ccccc2)n1. The highest BCUT2D eigenvalue weighted by atomic mass is 32.2. The molecular weight excluding hydrogens is 252 g/mol. The van der Waals surface area contributed by atoms with Crippen molar-refractivity contribution in [2.24, 2.45) is 5.84 Å². The van der Waals surface area contributed by atoms with Gasteiger partial charge in [0.15, 0.2) is 5.03 Å². The van der Waals surface area contributed by atoms with Crippen molar-refractivity contribution in [2.75, 3.05) is 5.43 Å². The molecule has 2 rings (SSSR count). The number of nitrogen functional groups attached to an aromatic ring is 1. The van der Waals surface area contributed by atoms with Gasteiger partial charge in [-0.15, -0.1) is 0 Å². The molecule has 0 amide bonds. The largest absolute Gasteiger partial charge is 0.308 e. The van der Waals surface area contributed by atoms with Gasteiger partial charge in [-0.3, -0.25) is 10.1 Å². The Kier molecular flexibility index (Phi) is 3.75. The molecule has 7 heteroatoms. The van der Waals surface area contributed by atoms with E-state index in [1.54, 1.807) is 0 Å². The van der Waals surface area contributed by atoms with Crippen molar-refractivity contribution in [1.29, 1.82) is 0 Å². The first kappa shape index (κ1) is 12.3. The van der Waals surface area contributed by atoms with Crippen LogP contribution in [0.1, 0.15) is 0 Å². The number of hydrogen-bond donors (Lipinski definition) is 2. The lowest BCUT2D eigenvalue weighted by Gasteiger charge is -2.04. The van der Waals surface area contributed by atoms with Crippen LogP contribution < -0.4 is 11.3 Å². The molecule has 0 fully saturated rings. The van der Waals surface area contributed by atoms with Crippen molar-refractivity contribution < 1.29 is 4.92 Å². The summed E-state index contributed by atoms with van der Waals surface area (Å²) in [7, 11) is 0. The molecule has 1 aromatic heterocycles. The summed E-state index contributed by atoms with van der Waals surface area (Å²) in [6, 6.07) is 12.2. The zero-order chi connectivity index (χ0) is 13.0. The lowest BCUT2D eigenvalue weighted by atomic mass is 10.4. The van der Waals surface area contributed by atoms with Gasteiger partial charge in [-0.2, -0.15) is 0 Å². The van der Waals surface area contributed by atoms with Crippen LogP contribution in [0, 0.1) is 10.1 Å². The molecule has 0 aliphatic carbocycles. The molecule has 6 nitrogen and oxygen atoms in total. The van der Waals surface area contributed by atoms with Gasteiger partial charge in [0, 0.05) is 11.0 Å². The number of hydrazine groups is 1. The Labute approximate surface area is 107 Å². The molecule has 1 aromatic carbocycles. The monoisotopic (exact) mass is 262 g/mol. The number of nitrogens with one attached hydrogen (secondary N) is 1. The fourth-order valence-corrected chi connectivity index (χ4v) is 2.24. The molecule has 1 heterocycles. The smallest absolute Gasteiger partial charge is 0.301 e. The van der Waals surface area contributed by atoms with Crippen molar-refractivity contribution in [3.63, 3.8) is 0 Å². The average Bonchev–Trinajstić information content (AvgIpc) is 2.39. The highest BCUT2D eigenvalue weighted by molar-refractivity contribution is 7.99. The van der Waals surface area contributed by atoms with Crippen molar-refractivity contribution in [2.45, 2.75) is 9.92 Å². The second-order valence-corrected chi connectivity index (χ2v) is 4.40. The molecule has 3 N–H and O–H groups in total. The van der Waals surface area contributed by atoms with Crippen molar-refractivity contribution in [1.82, 2.24) is 4.98 Å². The number of rotatable bonds is 4. The summed E-state index contributed by atoms with van der Waals surface area (Å²) in [6.07, 6.45) is 0. The van der Waals surface area contributed by atoms with Crippen LogP contribution in [0.3, 0.4) is 0 Å². The second kappa shape index (κ2) is 5.48. The summed E-state index contributed by atoms with van der Waals surface area (Å²) in [5, 5.41) is 11.2. The molecule has 0 atom stereocenters. The minimum absolute atomic E-state index is 0.0390. The summed E-state index contributed by atoms with van der Waals surface area (Å²) in [4.78, 5) is 15.4. The van der Waals surface area contributed by atoms with Gasteiger partial charge in [0.2, 0.25) is 0 Å². The van der Waals surface area contributed by atoms with Crippen LogP contribution in [0.2, 0.25) is 0 Å². The first-order valence-electron chi connectivity index (χ1n) is 5.05. The van der Waals surface area contributed by atoms with Gasteiger partial charge in [0.1, 0.15) is 5.82 Å². The van der Waals surface area contributed by atoms with Crippen LogP contribution >= 0.6 is 11.8 Å². The Morgan fingerprint density at radius 3 is 2.56 bits per heavy atom. The van der Waals surface area contributed by atoms with Gasteiger partial charge in [-0.1, -0.05) is 30.0 Å². The Balaban J connectivity index is 2.38. The van der Waals surface area contributed by atoms with E-state index in [-0.39, 0.29) is 5.69 Å². The van der Waals surface area contributed by atoms with Crippen molar-refractivity contribution in [3.8, 4) is 0 Å². The number of hydrogen-bond acceptors (Lipinski definition) is 6. The van der Waals surface area contributed by atoms with Crippen molar-refractivity contribution >= 4 is 23.3 Å².